The maximum Gasteiger partial charge on any atom is 0.345 e. The number of esters is 1. The number of ether oxygens (including phenoxy) is 1. The average Bonchev–Trinajstić information content (AvgIpc) is 2.91. The lowest BCUT2D eigenvalue weighted by Gasteiger charge is -2.37. The summed E-state index contributed by atoms with van der Waals surface area (Å²) in [6, 6.07) is 10.7. The highest BCUT2D eigenvalue weighted by Crippen LogP contribution is 2.32. The van der Waals surface area contributed by atoms with E-state index < -0.39 is 17.3 Å². The van der Waals surface area contributed by atoms with Gasteiger partial charge in [0.15, 0.2) is 0 Å². The molecule has 9 nitrogen and oxygen atoms in total. The minimum Gasteiger partial charge on any atom is -0.465 e. The summed E-state index contributed by atoms with van der Waals surface area (Å²) >= 11 is 6.36. The Labute approximate surface area is 218 Å². The average molecular weight is 530 g/mol. The molecule has 4 rings (SSSR count). The van der Waals surface area contributed by atoms with Gasteiger partial charge >= 0.3 is 5.97 Å². The van der Waals surface area contributed by atoms with Crippen LogP contribution in [0.25, 0.3) is 10.9 Å². The first-order valence-corrected chi connectivity index (χ1v) is 12.4. The molecule has 1 aromatic heterocycles. The van der Waals surface area contributed by atoms with Crippen LogP contribution in [0.5, 0.6) is 0 Å². The van der Waals surface area contributed by atoms with E-state index in [0.29, 0.717) is 72.9 Å². The second-order valence-electron chi connectivity index (χ2n) is 8.65. The van der Waals surface area contributed by atoms with Crippen LogP contribution in [0, 0.1) is 5.82 Å². The molecule has 2 heterocycles. The molecule has 0 atom stereocenters. The number of pyridine rings is 1. The van der Waals surface area contributed by atoms with Crippen LogP contribution in [-0.4, -0.2) is 68.2 Å². The van der Waals surface area contributed by atoms with E-state index in [1.807, 2.05) is 4.90 Å². The first-order chi connectivity index (χ1) is 17.8. The molecule has 1 aliphatic heterocycles. The van der Waals surface area contributed by atoms with Crippen LogP contribution in [0.15, 0.2) is 47.3 Å². The topological polar surface area (TPSA) is 95.9 Å². The van der Waals surface area contributed by atoms with E-state index in [4.69, 9.17) is 16.3 Å². The third-order valence-electron chi connectivity index (χ3n) is 6.42. The molecule has 2 aromatic carbocycles. The number of benzene rings is 2. The maximum absolute atomic E-state index is 13.7. The molecule has 196 valence electrons. The quantitative estimate of drug-likeness (QED) is 0.263. The van der Waals surface area contributed by atoms with Crippen LogP contribution in [0.3, 0.4) is 0 Å². The fourth-order valence-corrected chi connectivity index (χ4v) is 4.78. The SMILES string of the molecule is CNNCCCn1c(=O)c(C(=O)OC)c(N2CCN(C(=O)c3ccc(F)cc3)CC2)c2cc(Cl)ccc21. The zero-order chi connectivity index (χ0) is 26.5. The molecule has 2 N–H and O–H groups in total. The number of anilines is 1. The Balaban J connectivity index is 1.71. The normalized spacial score (nSPS) is 13.7. The van der Waals surface area contributed by atoms with Gasteiger partial charge in [-0.25, -0.2) is 9.18 Å². The Bertz CT molecular complexity index is 1350. The molecular weight excluding hydrogens is 501 g/mol. The van der Waals surface area contributed by atoms with Gasteiger partial charge in [0, 0.05) is 55.2 Å². The lowest BCUT2D eigenvalue weighted by Crippen LogP contribution is -2.49. The highest BCUT2D eigenvalue weighted by Gasteiger charge is 2.30. The molecule has 37 heavy (non-hydrogen) atoms. The van der Waals surface area contributed by atoms with Gasteiger partial charge in [0.1, 0.15) is 11.4 Å². The number of hydrogen-bond donors (Lipinski definition) is 2. The zero-order valence-corrected chi connectivity index (χ0v) is 21.5. The van der Waals surface area contributed by atoms with Crippen LogP contribution in [-0.2, 0) is 11.3 Å². The Kier molecular flexibility index (Phi) is 8.42. The number of hydrogen-bond acceptors (Lipinski definition) is 7. The van der Waals surface area contributed by atoms with Gasteiger partial charge in [0.25, 0.3) is 11.5 Å². The molecule has 0 spiro atoms. The van der Waals surface area contributed by atoms with Crippen LogP contribution >= 0.6 is 11.6 Å². The van der Waals surface area contributed by atoms with E-state index in [1.165, 1.54) is 31.4 Å². The summed E-state index contributed by atoms with van der Waals surface area (Å²) in [7, 11) is 3.01. The third kappa shape index (κ3) is 5.61. The van der Waals surface area contributed by atoms with E-state index in [-0.39, 0.29) is 11.5 Å². The lowest BCUT2D eigenvalue weighted by atomic mass is 10.1. The molecule has 0 saturated carbocycles. The summed E-state index contributed by atoms with van der Waals surface area (Å²) in [5, 5.41) is 1.13. The summed E-state index contributed by atoms with van der Waals surface area (Å²) in [4.78, 5) is 43.1. The van der Waals surface area contributed by atoms with E-state index in [1.54, 1.807) is 34.7 Å². The van der Waals surface area contributed by atoms with Crippen LogP contribution in [0.1, 0.15) is 27.1 Å². The lowest BCUT2D eigenvalue weighted by molar-refractivity contribution is 0.0597. The van der Waals surface area contributed by atoms with E-state index in [2.05, 4.69) is 10.9 Å². The molecule has 0 radical (unpaired) electrons. The smallest absolute Gasteiger partial charge is 0.345 e. The predicted molar refractivity (Wildman–Crippen MR) is 141 cm³/mol. The molecule has 1 amide bonds. The van der Waals surface area contributed by atoms with E-state index >= 15 is 0 Å². The highest BCUT2D eigenvalue weighted by molar-refractivity contribution is 6.31. The van der Waals surface area contributed by atoms with Crippen molar-refractivity contribution in [2.24, 2.45) is 0 Å². The van der Waals surface area contributed by atoms with Crippen molar-refractivity contribution < 1.29 is 18.7 Å². The number of amides is 1. The molecule has 0 bridgehead atoms. The number of methoxy groups -OCH3 is 1. The van der Waals surface area contributed by atoms with Gasteiger partial charge in [-0.15, -0.1) is 0 Å². The minimum atomic E-state index is -0.728. The van der Waals surface area contributed by atoms with Gasteiger partial charge in [0.05, 0.1) is 18.3 Å². The monoisotopic (exact) mass is 529 g/mol. The van der Waals surface area contributed by atoms with Gasteiger partial charge in [-0.2, -0.15) is 0 Å². The zero-order valence-electron chi connectivity index (χ0n) is 20.7. The largest absolute Gasteiger partial charge is 0.465 e. The van der Waals surface area contributed by atoms with Crippen molar-refractivity contribution in [3.05, 3.63) is 74.8 Å². The summed E-state index contributed by atoms with van der Waals surface area (Å²) in [6.07, 6.45) is 0.641. The van der Waals surface area contributed by atoms with Crippen molar-refractivity contribution in [3.8, 4) is 0 Å². The first kappa shape index (κ1) is 26.6. The van der Waals surface area contributed by atoms with Crippen LogP contribution < -0.4 is 21.3 Å². The number of nitrogens with one attached hydrogen (secondary N) is 2. The Hall–Kier alpha value is -3.47. The van der Waals surface area contributed by atoms with E-state index in [0.717, 1.165) is 0 Å². The number of rotatable bonds is 8. The fraction of sp³-hybridized carbons (Fsp3) is 0.346. The first-order valence-electron chi connectivity index (χ1n) is 12.0. The number of aromatic nitrogens is 1. The van der Waals surface area contributed by atoms with Gasteiger partial charge in [0.2, 0.25) is 0 Å². The molecule has 1 fully saturated rings. The second-order valence-corrected chi connectivity index (χ2v) is 9.09. The van der Waals surface area contributed by atoms with Gasteiger partial charge in [-0.1, -0.05) is 11.6 Å². The summed E-state index contributed by atoms with van der Waals surface area (Å²) in [6.45, 7) is 2.49. The number of fused-ring (bicyclic) bond motifs is 1. The minimum absolute atomic E-state index is 0.0582. The van der Waals surface area contributed by atoms with Crippen molar-refractivity contribution in [2.75, 3.05) is 51.8 Å². The fourth-order valence-electron chi connectivity index (χ4n) is 4.61. The number of carbonyl (C=O) groups excluding carboxylic acids is 2. The van der Waals surface area contributed by atoms with Crippen molar-refractivity contribution in [1.29, 1.82) is 0 Å². The second kappa shape index (κ2) is 11.7. The Morgan fingerprint density at radius 2 is 1.78 bits per heavy atom. The molecule has 11 heteroatoms. The molecule has 3 aromatic rings. The number of halogens is 2. The maximum atomic E-state index is 13.7. The number of hydrazine groups is 1. The van der Waals surface area contributed by atoms with Gasteiger partial charge in [-0.05, 0) is 55.9 Å². The number of carbonyl (C=O) groups is 2. The van der Waals surface area contributed by atoms with Crippen molar-refractivity contribution in [1.82, 2.24) is 20.3 Å². The predicted octanol–water partition coefficient (Wildman–Crippen LogP) is 2.66. The highest BCUT2D eigenvalue weighted by atomic mass is 35.5. The van der Waals surface area contributed by atoms with Gasteiger partial charge in [-0.3, -0.25) is 20.4 Å². The Morgan fingerprint density at radius 3 is 2.43 bits per heavy atom. The number of piperazine rings is 1. The molecule has 0 aliphatic carbocycles. The van der Waals surface area contributed by atoms with Crippen molar-refractivity contribution >= 4 is 40.1 Å². The third-order valence-corrected chi connectivity index (χ3v) is 6.66. The van der Waals surface area contributed by atoms with Crippen LogP contribution in [0.2, 0.25) is 5.02 Å². The van der Waals surface area contributed by atoms with Crippen LogP contribution in [0.4, 0.5) is 10.1 Å². The molecule has 1 saturated heterocycles. The Morgan fingerprint density at radius 1 is 1.08 bits per heavy atom. The summed E-state index contributed by atoms with van der Waals surface area (Å²) < 4.78 is 19.9. The van der Waals surface area contributed by atoms with E-state index in [9.17, 15) is 18.8 Å². The number of nitrogens with zero attached hydrogens (tertiary/aromatic N) is 3. The molecular formula is C26H29ClFN5O4. The number of aryl methyl sites for hydroxylation is 1. The van der Waals surface area contributed by atoms with Crippen molar-refractivity contribution in [2.45, 2.75) is 13.0 Å². The van der Waals surface area contributed by atoms with Gasteiger partial charge < -0.3 is 19.1 Å². The summed E-state index contributed by atoms with van der Waals surface area (Å²) in [5.74, 6) is -1.34. The van der Waals surface area contributed by atoms with Crippen molar-refractivity contribution in [3.63, 3.8) is 0 Å². The summed E-state index contributed by atoms with van der Waals surface area (Å²) in [5.41, 5.74) is 6.86. The standard InChI is InChI=1S/C26H29ClFN5O4/c1-29-30-10-3-11-33-21-9-6-18(27)16-20(21)23(22(25(33)35)26(36)37-2)31-12-14-32(15-13-31)24(34)17-4-7-19(28)8-5-17/h4-9,16,29-30H,3,10-15H2,1-2H3. The molecule has 1 aliphatic rings. The molecule has 0 unspecified atom stereocenters.